The molecule has 0 bridgehead atoms. The minimum Gasteiger partial charge on any atom is -0.480 e. The Morgan fingerprint density at radius 2 is 1.88 bits per heavy atom. The zero-order valence-electron chi connectivity index (χ0n) is 12.5. The molecule has 3 aromatic rings. The number of nitrogens with one attached hydrogen (secondary N) is 1. The number of thiophene rings is 1. The Bertz CT molecular complexity index is 964. The molecule has 2 N–H and O–H groups in total. The predicted molar refractivity (Wildman–Crippen MR) is 94.4 cm³/mol. The van der Waals surface area contributed by atoms with Crippen LogP contribution in [0.25, 0.3) is 10.1 Å². The lowest BCUT2D eigenvalue weighted by Crippen LogP contribution is -2.34. The number of carboxylic acids is 1. The summed E-state index contributed by atoms with van der Waals surface area (Å²) in [6, 6.07) is 14.3. The van der Waals surface area contributed by atoms with Crippen LogP contribution in [0.3, 0.4) is 0 Å². The molecule has 0 amide bonds. The van der Waals surface area contributed by atoms with Crippen molar-refractivity contribution in [3.8, 4) is 0 Å². The second kappa shape index (κ2) is 6.72. The van der Waals surface area contributed by atoms with Gasteiger partial charge in [-0.15, -0.1) is 11.3 Å². The summed E-state index contributed by atoms with van der Waals surface area (Å²) < 4.78 is 28.1. The number of hydrogen-bond donors (Lipinski definition) is 2. The zero-order chi connectivity index (χ0) is 17.2. The molecule has 0 saturated carbocycles. The average Bonchev–Trinajstić information content (AvgIpc) is 3.00. The molecule has 7 heteroatoms. The van der Waals surface area contributed by atoms with E-state index in [-0.39, 0.29) is 5.75 Å². The summed E-state index contributed by atoms with van der Waals surface area (Å²) in [5, 5.41) is 12.3. The van der Waals surface area contributed by atoms with Crippen LogP contribution in [-0.2, 0) is 20.6 Å². The van der Waals surface area contributed by atoms with Gasteiger partial charge in [0.2, 0.25) is 10.0 Å². The molecule has 0 radical (unpaired) electrons. The second-order valence-corrected chi connectivity index (χ2v) is 8.05. The molecule has 2 aromatic carbocycles. The maximum Gasteiger partial charge on any atom is 0.326 e. The topological polar surface area (TPSA) is 83.5 Å². The van der Waals surface area contributed by atoms with Crippen molar-refractivity contribution in [1.29, 1.82) is 0 Å². The monoisotopic (exact) mass is 361 g/mol. The van der Waals surface area contributed by atoms with Crippen molar-refractivity contribution < 1.29 is 18.3 Å². The summed E-state index contributed by atoms with van der Waals surface area (Å²) in [6.45, 7) is 0. The minimum atomic E-state index is -3.81. The number of carbonyl (C=O) groups is 1. The molecule has 0 aliphatic heterocycles. The SMILES string of the molecule is O=C(O)[C@H](NS(=O)(=O)Cc1ccc2sccc2c1)c1ccccc1. The lowest BCUT2D eigenvalue weighted by atomic mass is 10.1. The molecule has 1 heterocycles. The lowest BCUT2D eigenvalue weighted by molar-refractivity contribution is -0.139. The number of aliphatic carboxylic acids is 1. The van der Waals surface area contributed by atoms with Crippen molar-refractivity contribution in [2.45, 2.75) is 11.8 Å². The van der Waals surface area contributed by atoms with Gasteiger partial charge in [0.25, 0.3) is 0 Å². The van der Waals surface area contributed by atoms with Gasteiger partial charge in [-0.25, -0.2) is 8.42 Å². The normalized spacial score (nSPS) is 13.0. The average molecular weight is 361 g/mol. The Labute approximate surface area is 143 Å². The van der Waals surface area contributed by atoms with Crippen LogP contribution in [0.2, 0.25) is 0 Å². The van der Waals surface area contributed by atoms with E-state index >= 15 is 0 Å². The van der Waals surface area contributed by atoms with Crippen LogP contribution in [0.1, 0.15) is 17.2 Å². The fourth-order valence-electron chi connectivity index (χ4n) is 2.45. The summed E-state index contributed by atoms with van der Waals surface area (Å²) in [5.74, 6) is -1.51. The molecular weight excluding hydrogens is 346 g/mol. The molecule has 1 atom stereocenters. The van der Waals surface area contributed by atoms with Crippen molar-refractivity contribution in [3.63, 3.8) is 0 Å². The fourth-order valence-corrected chi connectivity index (χ4v) is 4.52. The molecule has 1 aromatic heterocycles. The molecule has 24 heavy (non-hydrogen) atoms. The van der Waals surface area contributed by atoms with Crippen molar-refractivity contribution in [3.05, 3.63) is 71.1 Å². The highest BCUT2D eigenvalue weighted by Gasteiger charge is 2.25. The van der Waals surface area contributed by atoms with Crippen LogP contribution < -0.4 is 4.72 Å². The standard InChI is InChI=1S/C17H15NO4S2/c19-17(20)16(13-4-2-1-3-5-13)18-24(21,22)11-12-6-7-15-14(10-12)8-9-23-15/h1-10,16,18H,11H2,(H,19,20)/t16-/m1/s1. The van der Waals surface area contributed by atoms with Crippen LogP contribution in [0, 0.1) is 0 Å². The summed E-state index contributed by atoms with van der Waals surface area (Å²) in [7, 11) is -3.81. The maximum atomic E-state index is 12.4. The van der Waals surface area contributed by atoms with E-state index in [2.05, 4.69) is 4.72 Å². The van der Waals surface area contributed by atoms with Crippen molar-refractivity contribution in [2.75, 3.05) is 0 Å². The van der Waals surface area contributed by atoms with Crippen LogP contribution >= 0.6 is 11.3 Å². The van der Waals surface area contributed by atoms with Gasteiger partial charge in [0.15, 0.2) is 0 Å². The molecular formula is C17H15NO4S2. The summed E-state index contributed by atoms with van der Waals surface area (Å²) in [5.41, 5.74) is 1.01. The zero-order valence-corrected chi connectivity index (χ0v) is 14.2. The molecule has 0 saturated heterocycles. The van der Waals surface area contributed by atoms with E-state index in [0.717, 1.165) is 10.1 Å². The number of hydrogen-bond acceptors (Lipinski definition) is 4. The van der Waals surface area contributed by atoms with E-state index in [9.17, 15) is 18.3 Å². The van der Waals surface area contributed by atoms with Gasteiger partial charge < -0.3 is 5.11 Å². The van der Waals surface area contributed by atoms with Crippen molar-refractivity contribution in [1.82, 2.24) is 4.72 Å². The number of sulfonamides is 1. The third kappa shape index (κ3) is 3.81. The molecule has 0 spiro atoms. The van der Waals surface area contributed by atoms with E-state index in [1.54, 1.807) is 47.7 Å². The first-order valence-corrected chi connectivity index (χ1v) is 9.72. The minimum absolute atomic E-state index is 0.268. The summed E-state index contributed by atoms with van der Waals surface area (Å²) >= 11 is 1.58. The molecule has 3 rings (SSSR count). The summed E-state index contributed by atoms with van der Waals surface area (Å²) in [4.78, 5) is 11.4. The second-order valence-electron chi connectivity index (χ2n) is 5.35. The fraction of sp³-hybridized carbons (Fsp3) is 0.118. The lowest BCUT2D eigenvalue weighted by Gasteiger charge is -2.15. The molecule has 0 fully saturated rings. The van der Waals surface area contributed by atoms with Gasteiger partial charge in [-0.3, -0.25) is 4.79 Å². The third-order valence-electron chi connectivity index (χ3n) is 3.55. The number of benzene rings is 2. The van der Waals surface area contributed by atoms with Crippen molar-refractivity contribution in [2.24, 2.45) is 0 Å². The van der Waals surface area contributed by atoms with Gasteiger partial charge in [0, 0.05) is 4.70 Å². The number of carboxylic acid groups (broad SMARTS) is 1. The Balaban J connectivity index is 1.82. The van der Waals surface area contributed by atoms with Crippen LogP contribution in [0.15, 0.2) is 60.0 Å². The highest BCUT2D eigenvalue weighted by molar-refractivity contribution is 7.88. The van der Waals surface area contributed by atoms with Crippen LogP contribution in [0.4, 0.5) is 0 Å². The van der Waals surface area contributed by atoms with E-state index < -0.39 is 22.0 Å². The predicted octanol–water partition coefficient (Wildman–Crippen LogP) is 3.15. The van der Waals surface area contributed by atoms with E-state index in [0.29, 0.717) is 11.1 Å². The largest absolute Gasteiger partial charge is 0.480 e. The Morgan fingerprint density at radius 3 is 2.58 bits per heavy atom. The molecule has 5 nitrogen and oxygen atoms in total. The van der Waals surface area contributed by atoms with Gasteiger partial charge >= 0.3 is 5.97 Å². The van der Waals surface area contributed by atoms with Gasteiger partial charge in [-0.2, -0.15) is 4.72 Å². The van der Waals surface area contributed by atoms with Gasteiger partial charge in [-0.05, 0) is 40.1 Å². The maximum absolute atomic E-state index is 12.4. The van der Waals surface area contributed by atoms with E-state index in [1.807, 2.05) is 23.6 Å². The smallest absolute Gasteiger partial charge is 0.326 e. The Morgan fingerprint density at radius 1 is 1.12 bits per heavy atom. The van der Waals surface area contributed by atoms with E-state index in [4.69, 9.17) is 0 Å². The van der Waals surface area contributed by atoms with Crippen molar-refractivity contribution >= 4 is 37.4 Å². The molecule has 0 aliphatic carbocycles. The highest BCUT2D eigenvalue weighted by atomic mass is 32.2. The first-order valence-electron chi connectivity index (χ1n) is 7.18. The molecule has 124 valence electrons. The van der Waals surface area contributed by atoms with Crippen LogP contribution in [-0.4, -0.2) is 19.5 Å². The number of rotatable bonds is 6. The molecule has 0 unspecified atom stereocenters. The van der Waals surface area contributed by atoms with Crippen LogP contribution in [0.5, 0.6) is 0 Å². The first-order chi connectivity index (χ1) is 11.4. The van der Waals surface area contributed by atoms with E-state index in [1.165, 1.54) is 0 Å². The van der Waals surface area contributed by atoms with Gasteiger partial charge in [0.05, 0.1) is 5.75 Å². The Hall–Kier alpha value is -2.22. The third-order valence-corrected chi connectivity index (χ3v) is 5.76. The first kappa shape index (κ1) is 16.6. The highest BCUT2D eigenvalue weighted by Crippen LogP contribution is 2.23. The quantitative estimate of drug-likeness (QED) is 0.706. The Kier molecular flexibility index (Phi) is 4.66. The van der Waals surface area contributed by atoms with Gasteiger partial charge in [-0.1, -0.05) is 36.4 Å². The molecule has 0 aliphatic rings. The summed E-state index contributed by atoms with van der Waals surface area (Å²) in [6.07, 6.45) is 0. The number of fused-ring (bicyclic) bond motifs is 1. The van der Waals surface area contributed by atoms with Gasteiger partial charge in [0.1, 0.15) is 6.04 Å².